The molecule has 0 aliphatic carbocycles. The van der Waals surface area contributed by atoms with Gasteiger partial charge < -0.3 is 9.80 Å². The summed E-state index contributed by atoms with van der Waals surface area (Å²) in [4.78, 5) is 8.06. The lowest BCUT2D eigenvalue weighted by Gasteiger charge is -2.20. The predicted molar refractivity (Wildman–Crippen MR) is 63.6 cm³/mol. The molecule has 0 atom stereocenters. The predicted octanol–water partition coefficient (Wildman–Crippen LogP) is 1.10. The summed E-state index contributed by atoms with van der Waals surface area (Å²) < 4.78 is 0. The van der Waals surface area contributed by atoms with Crippen molar-refractivity contribution in [2.45, 2.75) is 0 Å². The van der Waals surface area contributed by atoms with Gasteiger partial charge in [-0.05, 0) is 14.1 Å². The minimum atomic E-state index is 0.331. The van der Waals surface area contributed by atoms with Crippen LogP contribution in [0.4, 0.5) is 0 Å². The number of rotatable bonds is 6. The second-order valence-electron chi connectivity index (χ2n) is 3.54. The molecule has 0 aliphatic heterocycles. The van der Waals surface area contributed by atoms with Crippen LogP contribution >= 0.6 is 0 Å². The number of nitriles is 1. The van der Waals surface area contributed by atoms with Gasteiger partial charge in [-0.1, -0.05) is 13.2 Å². The van der Waals surface area contributed by atoms with Crippen molar-refractivity contribution in [2.75, 3.05) is 34.2 Å². The molecule has 0 aromatic carbocycles. The van der Waals surface area contributed by atoms with Gasteiger partial charge in [0.15, 0.2) is 0 Å². The van der Waals surface area contributed by atoms with Crippen LogP contribution in [0.5, 0.6) is 0 Å². The van der Waals surface area contributed by atoms with Crippen molar-refractivity contribution >= 4 is 6.21 Å². The Hall–Kier alpha value is -1.60. The second kappa shape index (κ2) is 6.80. The van der Waals surface area contributed by atoms with Gasteiger partial charge in [-0.15, -0.1) is 0 Å². The minimum absolute atomic E-state index is 0.331. The number of hydrogen-bond acceptors (Lipinski definition) is 4. The van der Waals surface area contributed by atoms with Gasteiger partial charge in [0, 0.05) is 26.4 Å². The Morgan fingerprint density at radius 2 is 1.93 bits per heavy atom. The summed E-state index contributed by atoms with van der Waals surface area (Å²) in [5, 5.41) is 8.47. The maximum absolute atomic E-state index is 8.47. The highest BCUT2D eigenvalue weighted by molar-refractivity contribution is 5.83. The molecule has 0 rings (SSSR count). The molecule has 0 saturated heterocycles. The van der Waals surface area contributed by atoms with Crippen LogP contribution in [0.25, 0.3) is 0 Å². The monoisotopic (exact) mass is 206 g/mol. The van der Waals surface area contributed by atoms with E-state index >= 15 is 0 Å². The summed E-state index contributed by atoms with van der Waals surface area (Å²) in [6, 6.07) is 1.90. The standard InChI is InChI=1S/C11H18N4/c1-10(8-12)9-13-11(2)15(5)7-6-14(3)4/h9H,1-2,6-7H2,3-5H3/b13-9-. The van der Waals surface area contributed by atoms with Gasteiger partial charge in [0.05, 0.1) is 5.57 Å². The molecule has 0 aromatic rings. The average Bonchev–Trinajstić information content (AvgIpc) is 2.21. The van der Waals surface area contributed by atoms with E-state index in [0.29, 0.717) is 11.4 Å². The van der Waals surface area contributed by atoms with E-state index < -0.39 is 0 Å². The fraction of sp³-hybridized carbons (Fsp3) is 0.455. The highest BCUT2D eigenvalue weighted by Crippen LogP contribution is 1.99. The Morgan fingerprint density at radius 3 is 2.40 bits per heavy atom. The first-order chi connectivity index (χ1) is 6.97. The van der Waals surface area contributed by atoms with E-state index in [9.17, 15) is 0 Å². The molecule has 0 radical (unpaired) electrons. The maximum atomic E-state index is 8.47. The Bertz CT molecular complexity index is 296. The van der Waals surface area contributed by atoms with Crippen LogP contribution in [0.3, 0.4) is 0 Å². The van der Waals surface area contributed by atoms with E-state index in [1.54, 1.807) is 0 Å². The van der Waals surface area contributed by atoms with Crippen LogP contribution in [-0.2, 0) is 0 Å². The van der Waals surface area contributed by atoms with Crippen LogP contribution in [0.1, 0.15) is 0 Å². The summed E-state index contributed by atoms with van der Waals surface area (Å²) in [6.45, 7) is 9.08. The Labute approximate surface area is 91.8 Å². The van der Waals surface area contributed by atoms with Crippen molar-refractivity contribution in [3.63, 3.8) is 0 Å². The number of aliphatic imine (C=N–C) groups is 1. The quantitative estimate of drug-likeness (QED) is 0.483. The molecule has 0 aliphatic rings. The summed E-state index contributed by atoms with van der Waals surface area (Å²) >= 11 is 0. The number of hydrogen-bond donors (Lipinski definition) is 0. The lowest BCUT2D eigenvalue weighted by Crippen LogP contribution is -2.27. The molecule has 0 unspecified atom stereocenters. The third-order valence-electron chi connectivity index (χ3n) is 1.84. The highest BCUT2D eigenvalue weighted by Gasteiger charge is 2.00. The largest absolute Gasteiger partial charge is 0.359 e. The maximum Gasteiger partial charge on any atom is 0.121 e. The average molecular weight is 206 g/mol. The topological polar surface area (TPSA) is 42.6 Å². The SMILES string of the molecule is C=C(C#N)/C=N\C(=C)N(C)CCN(C)C. The summed E-state index contributed by atoms with van der Waals surface area (Å²) in [5.41, 5.74) is 0.331. The molecular formula is C11H18N4. The first-order valence-corrected chi connectivity index (χ1v) is 4.65. The first-order valence-electron chi connectivity index (χ1n) is 4.65. The number of nitrogens with zero attached hydrogens (tertiary/aromatic N) is 4. The lowest BCUT2D eigenvalue weighted by atomic mass is 10.4. The van der Waals surface area contributed by atoms with E-state index in [-0.39, 0.29) is 0 Å². The molecule has 0 amide bonds. The molecule has 0 N–H and O–H groups in total. The zero-order chi connectivity index (χ0) is 11.8. The smallest absolute Gasteiger partial charge is 0.121 e. The van der Waals surface area contributed by atoms with Gasteiger partial charge in [0.25, 0.3) is 0 Å². The zero-order valence-electron chi connectivity index (χ0n) is 9.69. The third kappa shape index (κ3) is 6.47. The van der Waals surface area contributed by atoms with Gasteiger partial charge in [-0.3, -0.25) is 0 Å². The Morgan fingerprint density at radius 1 is 1.33 bits per heavy atom. The fourth-order valence-electron chi connectivity index (χ4n) is 0.759. The second-order valence-corrected chi connectivity index (χ2v) is 3.54. The van der Waals surface area contributed by atoms with Crippen molar-refractivity contribution in [1.29, 1.82) is 5.26 Å². The fourth-order valence-corrected chi connectivity index (χ4v) is 0.759. The van der Waals surface area contributed by atoms with E-state index in [2.05, 4.69) is 23.1 Å². The van der Waals surface area contributed by atoms with Crippen molar-refractivity contribution < 1.29 is 0 Å². The van der Waals surface area contributed by atoms with Crippen molar-refractivity contribution in [2.24, 2.45) is 4.99 Å². The van der Waals surface area contributed by atoms with Crippen molar-refractivity contribution in [3.8, 4) is 6.07 Å². The lowest BCUT2D eigenvalue weighted by molar-refractivity contribution is 0.325. The number of allylic oxidation sites excluding steroid dienone is 1. The van der Waals surface area contributed by atoms with Crippen molar-refractivity contribution in [3.05, 3.63) is 24.6 Å². The van der Waals surface area contributed by atoms with Crippen LogP contribution in [0.2, 0.25) is 0 Å². The molecule has 4 nitrogen and oxygen atoms in total. The first kappa shape index (κ1) is 13.4. The van der Waals surface area contributed by atoms with Crippen molar-refractivity contribution in [1.82, 2.24) is 9.80 Å². The van der Waals surface area contributed by atoms with E-state index in [1.807, 2.05) is 32.1 Å². The molecule has 4 heteroatoms. The molecule has 0 aromatic heterocycles. The normalized spacial score (nSPS) is 10.3. The van der Waals surface area contributed by atoms with E-state index in [0.717, 1.165) is 13.1 Å². The molecule has 0 fully saturated rings. The van der Waals surface area contributed by atoms with Gasteiger partial charge in [-0.25, -0.2) is 4.99 Å². The molecular weight excluding hydrogens is 188 g/mol. The highest BCUT2D eigenvalue weighted by atomic mass is 15.2. The summed E-state index contributed by atoms with van der Waals surface area (Å²) in [5.74, 6) is 0.633. The number of likely N-dealkylation sites (N-methyl/N-ethyl adjacent to an activating group) is 2. The van der Waals surface area contributed by atoms with Crippen LogP contribution in [0, 0.1) is 11.3 Å². The molecule has 0 bridgehead atoms. The van der Waals surface area contributed by atoms with Gasteiger partial charge in [-0.2, -0.15) is 5.26 Å². The molecule has 15 heavy (non-hydrogen) atoms. The van der Waals surface area contributed by atoms with E-state index in [1.165, 1.54) is 6.21 Å². The summed E-state index contributed by atoms with van der Waals surface area (Å²) in [7, 11) is 5.94. The van der Waals surface area contributed by atoms with Gasteiger partial charge >= 0.3 is 0 Å². The molecule has 0 heterocycles. The minimum Gasteiger partial charge on any atom is -0.359 e. The summed E-state index contributed by atoms with van der Waals surface area (Å²) in [6.07, 6.45) is 1.43. The molecule has 0 spiro atoms. The van der Waals surface area contributed by atoms with E-state index in [4.69, 9.17) is 5.26 Å². The van der Waals surface area contributed by atoms with Crippen LogP contribution in [-0.4, -0.2) is 50.2 Å². The van der Waals surface area contributed by atoms with Crippen LogP contribution in [0.15, 0.2) is 29.5 Å². The Balaban J connectivity index is 4.06. The molecule has 82 valence electrons. The Kier molecular flexibility index (Phi) is 6.07. The van der Waals surface area contributed by atoms with Gasteiger partial charge in [0.2, 0.25) is 0 Å². The molecule has 0 saturated carbocycles. The third-order valence-corrected chi connectivity index (χ3v) is 1.84. The van der Waals surface area contributed by atoms with Gasteiger partial charge in [0.1, 0.15) is 11.9 Å². The van der Waals surface area contributed by atoms with Crippen LogP contribution < -0.4 is 0 Å². The zero-order valence-corrected chi connectivity index (χ0v) is 9.69.